The van der Waals surface area contributed by atoms with Gasteiger partial charge in [0.2, 0.25) is 11.5 Å². The first-order chi connectivity index (χ1) is 12.6. The molecule has 2 nitrogen and oxygen atoms in total. The molecule has 0 saturated carbocycles. The average Bonchev–Trinajstić information content (AvgIpc) is 2.88. The van der Waals surface area contributed by atoms with Crippen LogP contribution in [0.15, 0.2) is 36.4 Å². The van der Waals surface area contributed by atoms with Crippen LogP contribution >= 0.6 is 7.72 Å². The fourth-order valence-corrected chi connectivity index (χ4v) is 6.68. The molecular formula is C25H36O2P+. The van der Waals surface area contributed by atoms with Crippen molar-refractivity contribution in [1.29, 1.82) is 0 Å². The molecule has 1 aliphatic rings. The molecule has 2 aromatic rings. The Morgan fingerprint density at radius 1 is 0.643 bits per heavy atom. The molecule has 1 heterocycles. The largest absolute Gasteiger partial charge is 0.394 e. The lowest BCUT2D eigenvalue weighted by molar-refractivity contribution is 0.536. The summed E-state index contributed by atoms with van der Waals surface area (Å²) in [5.74, 6) is 1.72. The highest BCUT2D eigenvalue weighted by Crippen LogP contribution is 2.65. The van der Waals surface area contributed by atoms with Gasteiger partial charge in [-0.2, -0.15) is 0 Å². The van der Waals surface area contributed by atoms with Crippen LogP contribution in [0.2, 0.25) is 0 Å². The van der Waals surface area contributed by atoms with Crippen LogP contribution in [0.4, 0.5) is 0 Å². The number of hydrogen-bond acceptors (Lipinski definition) is 2. The van der Waals surface area contributed by atoms with Gasteiger partial charge in [-0.05, 0) is 33.9 Å². The molecule has 28 heavy (non-hydrogen) atoms. The van der Waals surface area contributed by atoms with Gasteiger partial charge in [0.05, 0.1) is 0 Å². The van der Waals surface area contributed by atoms with Crippen LogP contribution in [-0.2, 0) is 16.2 Å². The number of benzene rings is 2. The highest BCUT2D eigenvalue weighted by molar-refractivity contribution is 7.74. The Hall–Kier alpha value is -1.53. The normalized spacial score (nSPS) is 16.4. The van der Waals surface area contributed by atoms with Crippen molar-refractivity contribution in [1.82, 2.24) is 0 Å². The van der Waals surface area contributed by atoms with E-state index < -0.39 is 7.72 Å². The van der Waals surface area contributed by atoms with E-state index >= 15 is 0 Å². The van der Waals surface area contributed by atoms with E-state index in [-0.39, 0.29) is 16.2 Å². The number of fused-ring (bicyclic) bond motifs is 1. The van der Waals surface area contributed by atoms with Crippen molar-refractivity contribution >= 4 is 13.0 Å². The Bertz CT molecular complexity index is 832. The molecule has 2 aromatic carbocycles. The van der Waals surface area contributed by atoms with E-state index in [1.54, 1.807) is 0 Å². The molecule has 0 radical (unpaired) electrons. The molecule has 0 aliphatic carbocycles. The van der Waals surface area contributed by atoms with Crippen molar-refractivity contribution in [2.75, 3.05) is 6.66 Å². The second-order valence-electron chi connectivity index (χ2n) is 11.1. The van der Waals surface area contributed by atoms with Crippen molar-refractivity contribution in [3.8, 4) is 11.5 Å². The van der Waals surface area contributed by atoms with Gasteiger partial charge in [-0.1, -0.05) is 86.6 Å². The molecule has 1 aliphatic heterocycles. The average molecular weight is 400 g/mol. The van der Waals surface area contributed by atoms with Crippen LogP contribution in [0.1, 0.15) is 79.0 Å². The third kappa shape index (κ3) is 3.81. The van der Waals surface area contributed by atoms with Crippen LogP contribution in [0.25, 0.3) is 0 Å². The first kappa shape index (κ1) is 21.2. The van der Waals surface area contributed by atoms with Gasteiger partial charge < -0.3 is 9.05 Å². The van der Waals surface area contributed by atoms with Crippen molar-refractivity contribution in [3.05, 3.63) is 53.1 Å². The first-order valence-corrected chi connectivity index (χ1v) is 12.2. The van der Waals surface area contributed by atoms with E-state index in [1.807, 2.05) is 24.3 Å². The van der Waals surface area contributed by atoms with Gasteiger partial charge in [-0.15, -0.1) is 0 Å². The molecule has 3 heteroatoms. The summed E-state index contributed by atoms with van der Waals surface area (Å²) in [6.45, 7) is 22.8. The molecule has 152 valence electrons. The van der Waals surface area contributed by atoms with Gasteiger partial charge in [0.15, 0.2) is 5.30 Å². The molecule has 0 aromatic heterocycles. The quantitative estimate of drug-likeness (QED) is 0.474. The molecule has 0 fully saturated rings. The molecular weight excluding hydrogens is 363 g/mol. The fraction of sp³-hybridized carbons (Fsp3) is 0.520. The van der Waals surface area contributed by atoms with Crippen LogP contribution in [-0.4, -0.2) is 6.66 Å². The molecule has 0 saturated heterocycles. The summed E-state index contributed by atoms with van der Waals surface area (Å²) < 4.78 is 13.1. The molecule has 0 N–H and O–H groups in total. The second kappa shape index (κ2) is 6.49. The summed E-state index contributed by atoms with van der Waals surface area (Å²) >= 11 is 0. The number of hydrogen-bond donors (Lipinski definition) is 0. The number of para-hydroxylation sites is 2. The van der Waals surface area contributed by atoms with E-state index in [1.165, 1.54) is 22.0 Å². The summed E-state index contributed by atoms with van der Waals surface area (Å²) in [5.41, 5.74) is 4.11. The third-order valence-electron chi connectivity index (χ3n) is 5.39. The first-order valence-electron chi connectivity index (χ1n) is 10.2. The van der Waals surface area contributed by atoms with E-state index in [9.17, 15) is 0 Å². The van der Waals surface area contributed by atoms with Gasteiger partial charge in [0.1, 0.15) is 6.66 Å². The monoisotopic (exact) mass is 399 g/mol. The molecule has 0 atom stereocenters. The van der Waals surface area contributed by atoms with Crippen molar-refractivity contribution < 1.29 is 9.05 Å². The topological polar surface area (TPSA) is 18.5 Å². The van der Waals surface area contributed by atoms with Crippen molar-refractivity contribution in [2.24, 2.45) is 0 Å². The van der Waals surface area contributed by atoms with Gasteiger partial charge in [0.25, 0.3) is 0 Å². The predicted octanol–water partition coefficient (Wildman–Crippen LogP) is 7.15. The van der Waals surface area contributed by atoms with E-state index in [4.69, 9.17) is 9.05 Å². The van der Waals surface area contributed by atoms with Crippen LogP contribution in [0, 0.1) is 0 Å². The SMILES string of the molecule is CC(C)(C)c1cc(C(C)(C)C)c([P+]2(C)Oc3ccccc3O2)c(C(C)(C)C)c1. The summed E-state index contributed by atoms with van der Waals surface area (Å²) in [5, 5.41) is 1.27. The molecule has 0 unspecified atom stereocenters. The lowest BCUT2D eigenvalue weighted by Crippen LogP contribution is -2.36. The summed E-state index contributed by atoms with van der Waals surface area (Å²) in [6, 6.07) is 12.8. The Morgan fingerprint density at radius 2 is 1.04 bits per heavy atom. The zero-order valence-electron chi connectivity index (χ0n) is 19.2. The second-order valence-corrected chi connectivity index (χ2v) is 13.6. The Labute approximate surface area is 172 Å². The Kier molecular flexibility index (Phi) is 4.91. The predicted molar refractivity (Wildman–Crippen MR) is 123 cm³/mol. The Balaban J connectivity index is 2.34. The smallest absolute Gasteiger partial charge is 0.301 e. The zero-order chi connectivity index (χ0) is 21.1. The maximum atomic E-state index is 6.57. The molecule has 0 spiro atoms. The minimum absolute atomic E-state index is 0.0128. The highest BCUT2D eigenvalue weighted by atomic mass is 31.2. The Morgan fingerprint density at radius 3 is 1.36 bits per heavy atom. The third-order valence-corrected chi connectivity index (χ3v) is 7.78. The number of rotatable bonds is 1. The maximum Gasteiger partial charge on any atom is 0.394 e. The van der Waals surface area contributed by atoms with E-state index in [0.717, 1.165) is 11.5 Å². The van der Waals surface area contributed by atoms with Gasteiger partial charge in [-0.25, -0.2) is 0 Å². The highest BCUT2D eigenvalue weighted by Gasteiger charge is 2.54. The lowest BCUT2D eigenvalue weighted by atomic mass is 9.75. The maximum absolute atomic E-state index is 6.57. The van der Waals surface area contributed by atoms with Crippen LogP contribution in [0.3, 0.4) is 0 Å². The van der Waals surface area contributed by atoms with Gasteiger partial charge in [0, 0.05) is 11.1 Å². The fourth-order valence-electron chi connectivity index (χ4n) is 3.73. The van der Waals surface area contributed by atoms with Gasteiger partial charge in [-0.3, -0.25) is 0 Å². The van der Waals surface area contributed by atoms with Crippen LogP contribution < -0.4 is 14.4 Å². The van der Waals surface area contributed by atoms with E-state index in [0.29, 0.717) is 0 Å². The van der Waals surface area contributed by atoms with Crippen molar-refractivity contribution in [2.45, 2.75) is 78.6 Å². The minimum atomic E-state index is -2.29. The van der Waals surface area contributed by atoms with Gasteiger partial charge >= 0.3 is 7.72 Å². The molecule has 0 bridgehead atoms. The van der Waals surface area contributed by atoms with Crippen molar-refractivity contribution in [3.63, 3.8) is 0 Å². The summed E-state index contributed by atoms with van der Waals surface area (Å²) in [6.07, 6.45) is 0. The summed E-state index contributed by atoms with van der Waals surface area (Å²) in [7, 11) is -2.29. The zero-order valence-corrected chi connectivity index (χ0v) is 20.1. The minimum Gasteiger partial charge on any atom is -0.301 e. The van der Waals surface area contributed by atoms with E-state index in [2.05, 4.69) is 81.1 Å². The molecule has 0 amide bonds. The lowest BCUT2D eigenvalue weighted by Gasteiger charge is -2.33. The molecule has 3 rings (SSSR count). The summed E-state index contributed by atoms with van der Waals surface area (Å²) in [4.78, 5) is 0. The van der Waals surface area contributed by atoms with Crippen LogP contribution in [0.5, 0.6) is 11.5 Å². The standard InChI is InChI=1S/C25H36O2P/c1-23(2,3)17-15-18(24(4,5)6)22(19(16-17)25(7,8)9)28(10)26-20-13-11-12-14-21(20)27-28/h11-16H,1-10H3/q+1.